The zero-order chi connectivity index (χ0) is 27.2. The number of carboxylic acid groups (broad SMARTS) is 1. The van der Waals surface area contributed by atoms with Gasteiger partial charge in [-0.15, -0.1) is 0 Å². The Morgan fingerprint density at radius 3 is 2.13 bits per heavy atom. The summed E-state index contributed by atoms with van der Waals surface area (Å²) in [6.07, 6.45) is 0.101. The first-order valence-corrected chi connectivity index (χ1v) is 12.4. The third kappa shape index (κ3) is 6.00. The van der Waals surface area contributed by atoms with E-state index in [1.54, 1.807) is 41.3 Å². The summed E-state index contributed by atoms with van der Waals surface area (Å²) >= 11 is 0. The normalized spacial score (nSPS) is 16.8. The number of carbonyl (C=O) groups is 3. The van der Waals surface area contributed by atoms with Crippen molar-refractivity contribution in [2.45, 2.75) is 25.8 Å². The number of nitrogens with two attached hydrogens (primary N) is 1. The van der Waals surface area contributed by atoms with Gasteiger partial charge in [-0.2, -0.15) is 0 Å². The number of amidine groups is 1. The lowest BCUT2D eigenvalue weighted by Crippen LogP contribution is -2.37. The number of nitrogen functional groups attached to an aromatic ring is 1. The van der Waals surface area contributed by atoms with Gasteiger partial charge in [0.05, 0.1) is 18.4 Å². The van der Waals surface area contributed by atoms with Gasteiger partial charge in [-0.25, -0.2) is 0 Å². The lowest BCUT2D eigenvalue weighted by atomic mass is 10.0. The van der Waals surface area contributed by atoms with Gasteiger partial charge in [0, 0.05) is 23.4 Å². The van der Waals surface area contributed by atoms with Crippen LogP contribution in [0.2, 0.25) is 0 Å². The minimum absolute atomic E-state index is 0.0169. The van der Waals surface area contributed by atoms with E-state index in [0.717, 1.165) is 11.1 Å². The van der Waals surface area contributed by atoms with Gasteiger partial charge < -0.3 is 25.8 Å². The van der Waals surface area contributed by atoms with Crippen LogP contribution in [-0.4, -0.2) is 47.9 Å². The summed E-state index contributed by atoms with van der Waals surface area (Å²) in [6, 6.07) is 21.2. The number of hydrogen-bond acceptors (Lipinski definition) is 5. The quantitative estimate of drug-likeness (QED) is 0.240. The molecular formula is C29H30N4O5. The fourth-order valence-corrected chi connectivity index (χ4v) is 4.59. The Morgan fingerprint density at radius 1 is 1.00 bits per heavy atom. The molecular weight excluding hydrogens is 484 g/mol. The van der Waals surface area contributed by atoms with Gasteiger partial charge >= 0.3 is 5.97 Å². The average molecular weight is 515 g/mol. The topological polar surface area (TPSA) is 146 Å². The predicted molar refractivity (Wildman–Crippen MR) is 144 cm³/mol. The molecule has 38 heavy (non-hydrogen) atoms. The summed E-state index contributed by atoms with van der Waals surface area (Å²) in [5.74, 6) is -1.50. The van der Waals surface area contributed by atoms with Gasteiger partial charge in [-0.05, 0) is 60.9 Å². The Morgan fingerprint density at radius 2 is 1.58 bits per heavy atom. The summed E-state index contributed by atoms with van der Waals surface area (Å²) in [5.41, 5.74) is 9.19. The highest BCUT2D eigenvalue weighted by atomic mass is 16.5. The van der Waals surface area contributed by atoms with Gasteiger partial charge in [-0.3, -0.25) is 19.8 Å². The largest absolute Gasteiger partial charge is 0.491 e. The molecule has 1 heterocycles. The van der Waals surface area contributed by atoms with E-state index >= 15 is 0 Å². The molecule has 3 aromatic carbocycles. The van der Waals surface area contributed by atoms with Crippen molar-refractivity contribution in [1.29, 1.82) is 5.41 Å². The maximum atomic E-state index is 13.2. The number of nitrogens with one attached hydrogen (secondary N) is 2. The van der Waals surface area contributed by atoms with Gasteiger partial charge in [-0.1, -0.05) is 36.4 Å². The molecule has 1 fully saturated rings. The third-order valence-electron chi connectivity index (χ3n) is 6.50. The molecule has 1 aliphatic rings. The maximum Gasteiger partial charge on any atom is 0.304 e. The number of nitrogens with zero attached hydrogens (tertiary/aromatic N) is 1. The van der Waals surface area contributed by atoms with Crippen molar-refractivity contribution < 1.29 is 24.2 Å². The van der Waals surface area contributed by atoms with Crippen molar-refractivity contribution in [2.75, 3.05) is 18.1 Å². The van der Waals surface area contributed by atoms with Crippen LogP contribution in [0.25, 0.3) is 11.1 Å². The molecule has 0 saturated carbocycles. The second-order valence-electron chi connectivity index (χ2n) is 9.13. The molecule has 0 radical (unpaired) electrons. The molecule has 9 heteroatoms. The van der Waals surface area contributed by atoms with Gasteiger partial charge in [0.2, 0.25) is 5.91 Å². The second kappa shape index (κ2) is 11.6. The lowest BCUT2D eigenvalue weighted by Gasteiger charge is -2.25. The van der Waals surface area contributed by atoms with Crippen LogP contribution in [0.5, 0.6) is 5.75 Å². The van der Waals surface area contributed by atoms with Crippen molar-refractivity contribution in [1.82, 2.24) is 5.32 Å². The number of carbonyl (C=O) groups excluding carboxylic acids is 2. The van der Waals surface area contributed by atoms with E-state index in [1.165, 1.54) is 0 Å². The highest BCUT2D eigenvalue weighted by Crippen LogP contribution is 2.33. The Balaban J connectivity index is 1.48. The molecule has 1 saturated heterocycles. The van der Waals surface area contributed by atoms with Crippen molar-refractivity contribution in [3.8, 4) is 16.9 Å². The molecule has 196 valence electrons. The SMILES string of the molecule is CCNC(=O)c1ccc(N2C(=O)[C@H](CC(=O)O)C[C@H]2COc2ccc(-c3ccc(C(=N)N)cc3)cc2)cc1. The van der Waals surface area contributed by atoms with Crippen molar-refractivity contribution in [3.05, 3.63) is 83.9 Å². The number of ether oxygens (including phenoxy) is 1. The highest BCUT2D eigenvalue weighted by molar-refractivity contribution is 6.00. The molecule has 9 nitrogen and oxygen atoms in total. The molecule has 0 spiro atoms. The molecule has 0 aromatic heterocycles. The minimum atomic E-state index is -1.02. The first kappa shape index (κ1) is 26.4. The van der Waals surface area contributed by atoms with Crippen molar-refractivity contribution in [2.24, 2.45) is 11.7 Å². The van der Waals surface area contributed by atoms with E-state index in [0.29, 0.717) is 35.5 Å². The summed E-state index contributed by atoms with van der Waals surface area (Å²) in [6.45, 7) is 2.53. The fourth-order valence-electron chi connectivity index (χ4n) is 4.59. The molecule has 2 atom stereocenters. The maximum absolute atomic E-state index is 13.2. The highest BCUT2D eigenvalue weighted by Gasteiger charge is 2.41. The molecule has 2 amide bonds. The Kier molecular flexibility index (Phi) is 8.06. The Labute approximate surface area is 220 Å². The predicted octanol–water partition coefficient (Wildman–Crippen LogP) is 3.66. The smallest absolute Gasteiger partial charge is 0.304 e. The van der Waals surface area contributed by atoms with Crippen LogP contribution in [0.1, 0.15) is 35.7 Å². The van der Waals surface area contributed by atoms with E-state index in [-0.39, 0.29) is 36.7 Å². The number of carboxylic acids is 1. The van der Waals surface area contributed by atoms with Gasteiger partial charge in [0.15, 0.2) is 0 Å². The first-order chi connectivity index (χ1) is 18.3. The van der Waals surface area contributed by atoms with Crippen molar-refractivity contribution >= 4 is 29.3 Å². The Hall–Kier alpha value is -4.66. The number of hydrogen-bond donors (Lipinski definition) is 4. The third-order valence-corrected chi connectivity index (χ3v) is 6.50. The van der Waals surface area contributed by atoms with Crippen LogP contribution in [0.3, 0.4) is 0 Å². The number of amides is 2. The molecule has 3 aromatic rings. The lowest BCUT2D eigenvalue weighted by molar-refractivity contribution is -0.140. The van der Waals surface area contributed by atoms with Crippen LogP contribution in [0, 0.1) is 11.3 Å². The number of rotatable bonds is 10. The van der Waals surface area contributed by atoms with Gasteiger partial charge in [0.25, 0.3) is 5.91 Å². The number of anilines is 1. The monoisotopic (exact) mass is 514 g/mol. The Bertz CT molecular complexity index is 1320. The summed E-state index contributed by atoms with van der Waals surface area (Å²) < 4.78 is 6.03. The van der Waals surface area contributed by atoms with E-state index in [2.05, 4.69) is 5.32 Å². The molecule has 0 aliphatic carbocycles. The fraction of sp³-hybridized carbons (Fsp3) is 0.241. The minimum Gasteiger partial charge on any atom is -0.491 e. The summed E-state index contributed by atoms with van der Waals surface area (Å²) in [5, 5.41) is 19.5. The molecule has 0 unspecified atom stereocenters. The van der Waals surface area contributed by atoms with E-state index < -0.39 is 11.9 Å². The first-order valence-electron chi connectivity index (χ1n) is 12.4. The molecule has 0 bridgehead atoms. The molecule has 5 N–H and O–H groups in total. The zero-order valence-electron chi connectivity index (χ0n) is 21.0. The van der Waals surface area contributed by atoms with Crippen LogP contribution < -0.4 is 20.7 Å². The summed E-state index contributed by atoms with van der Waals surface area (Å²) in [4.78, 5) is 38.2. The van der Waals surface area contributed by atoms with E-state index in [1.807, 2.05) is 43.3 Å². The number of aliphatic carboxylic acids is 1. The van der Waals surface area contributed by atoms with E-state index in [4.69, 9.17) is 15.9 Å². The van der Waals surface area contributed by atoms with Crippen molar-refractivity contribution in [3.63, 3.8) is 0 Å². The van der Waals surface area contributed by atoms with Crippen LogP contribution in [-0.2, 0) is 9.59 Å². The van der Waals surface area contributed by atoms with Crippen LogP contribution >= 0.6 is 0 Å². The average Bonchev–Trinajstić information content (AvgIpc) is 3.22. The zero-order valence-corrected chi connectivity index (χ0v) is 21.0. The van der Waals surface area contributed by atoms with Crippen LogP contribution in [0.15, 0.2) is 72.8 Å². The van der Waals surface area contributed by atoms with Gasteiger partial charge in [0.1, 0.15) is 18.2 Å². The number of benzene rings is 3. The van der Waals surface area contributed by atoms with E-state index in [9.17, 15) is 19.5 Å². The summed E-state index contributed by atoms with van der Waals surface area (Å²) in [7, 11) is 0. The molecule has 4 rings (SSSR count). The standard InChI is InChI=1S/C29H30N4O5/c1-2-32-28(36)21-7-11-23(12-8-21)33-24(15-22(29(33)37)16-26(34)35)17-38-25-13-9-19(10-14-25)18-3-5-20(6-4-18)27(30)31/h3-14,22,24H,2,15-17H2,1H3,(H3,30,31)(H,32,36)(H,34,35)/t22-,24-/m0/s1. The molecule has 1 aliphatic heterocycles. The second-order valence-corrected chi connectivity index (χ2v) is 9.13. The van der Waals surface area contributed by atoms with Crippen LogP contribution in [0.4, 0.5) is 5.69 Å².